The molecule has 0 aliphatic heterocycles. The zero-order chi connectivity index (χ0) is 11.4. The van der Waals surface area contributed by atoms with Gasteiger partial charge >= 0.3 is 0 Å². The number of thioether (sulfide) groups is 1. The van der Waals surface area contributed by atoms with Crippen LogP contribution in [0.25, 0.3) is 0 Å². The molecule has 0 fully saturated rings. The van der Waals surface area contributed by atoms with Crippen molar-refractivity contribution in [2.24, 2.45) is 0 Å². The highest BCUT2D eigenvalue weighted by molar-refractivity contribution is 8.23. The zero-order valence-corrected chi connectivity index (χ0v) is 10.8. The summed E-state index contributed by atoms with van der Waals surface area (Å²) in [6, 6.07) is 0. The van der Waals surface area contributed by atoms with Gasteiger partial charge in [0.15, 0.2) is 6.29 Å². The van der Waals surface area contributed by atoms with Gasteiger partial charge in [-0.05, 0) is 27.7 Å². The number of aliphatic hydroxyl groups is 2. The van der Waals surface area contributed by atoms with Crippen molar-refractivity contribution in [3.63, 3.8) is 0 Å². The summed E-state index contributed by atoms with van der Waals surface area (Å²) in [5, 5.41) is 18.2. The van der Waals surface area contributed by atoms with Crippen molar-refractivity contribution in [2.45, 2.75) is 38.7 Å². The summed E-state index contributed by atoms with van der Waals surface area (Å²) in [5.41, 5.74) is 0. The quantitative estimate of drug-likeness (QED) is 0.572. The first-order valence-electron chi connectivity index (χ1n) is 4.69. The number of hydrogen-bond donors (Lipinski definition) is 2. The molecule has 14 heavy (non-hydrogen) atoms. The Balaban J connectivity index is 4.30. The molecule has 3 nitrogen and oxygen atoms in total. The van der Waals surface area contributed by atoms with Crippen LogP contribution in [-0.4, -0.2) is 43.6 Å². The Morgan fingerprint density at radius 1 is 1.36 bits per heavy atom. The molecule has 0 aliphatic carbocycles. The standard InChI is InChI=1S/C9H19NO2S2/c1-5-10(6-2)8(13)14-9(3,4)7(11)12/h7,11-12H,5-6H2,1-4H3. The van der Waals surface area contributed by atoms with Crippen LogP contribution in [0.15, 0.2) is 0 Å². The average molecular weight is 237 g/mol. The molecule has 2 N–H and O–H groups in total. The molecule has 0 spiro atoms. The Kier molecular flexibility index (Phi) is 5.97. The molecule has 0 amide bonds. The summed E-state index contributed by atoms with van der Waals surface area (Å²) >= 11 is 6.53. The summed E-state index contributed by atoms with van der Waals surface area (Å²) < 4.78 is 0.0627. The number of thiocarbonyl (C=S) groups is 1. The van der Waals surface area contributed by atoms with Gasteiger partial charge in [-0.15, -0.1) is 0 Å². The normalized spacial score (nSPS) is 11.9. The van der Waals surface area contributed by atoms with Crippen LogP contribution in [0.1, 0.15) is 27.7 Å². The monoisotopic (exact) mass is 237 g/mol. The van der Waals surface area contributed by atoms with Crippen LogP contribution in [0.3, 0.4) is 0 Å². The Bertz CT molecular complexity index is 191. The molecule has 0 aromatic rings. The molecule has 0 aromatic heterocycles. The van der Waals surface area contributed by atoms with Crippen LogP contribution < -0.4 is 0 Å². The average Bonchev–Trinajstić information content (AvgIpc) is 2.05. The summed E-state index contributed by atoms with van der Waals surface area (Å²) in [7, 11) is 0. The third kappa shape index (κ3) is 4.13. The molecule has 0 rings (SSSR count). The largest absolute Gasteiger partial charge is 0.367 e. The van der Waals surface area contributed by atoms with E-state index in [0.29, 0.717) is 4.32 Å². The zero-order valence-electron chi connectivity index (χ0n) is 9.15. The predicted molar refractivity (Wildman–Crippen MR) is 65.4 cm³/mol. The highest BCUT2D eigenvalue weighted by Crippen LogP contribution is 2.29. The SMILES string of the molecule is CCN(CC)C(=S)SC(C)(C)C(O)O. The first-order chi connectivity index (χ1) is 6.35. The molecular formula is C9H19NO2S2. The maximum atomic E-state index is 9.11. The molecule has 0 aliphatic rings. The van der Waals surface area contributed by atoms with Gasteiger partial charge in [0.1, 0.15) is 4.32 Å². The molecule has 0 aromatic carbocycles. The molecule has 0 atom stereocenters. The van der Waals surface area contributed by atoms with E-state index in [1.54, 1.807) is 13.8 Å². The fourth-order valence-corrected chi connectivity index (χ4v) is 2.67. The van der Waals surface area contributed by atoms with Crippen molar-refractivity contribution < 1.29 is 10.2 Å². The molecule has 5 heteroatoms. The molecule has 0 saturated carbocycles. The van der Waals surface area contributed by atoms with Crippen LogP contribution in [0.5, 0.6) is 0 Å². The summed E-state index contributed by atoms with van der Waals surface area (Å²) in [4.78, 5) is 2.02. The molecule has 0 radical (unpaired) electrons. The van der Waals surface area contributed by atoms with Crippen molar-refractivity contribution in [1.82, 2.24) is 4.90 Å². The fourth-order valence-electron chi connectivity index (χ4n) is 0.824. The van der Waals surface area contributed by atoms with Gasteiger partial charge in [-0.3, -0.25) is 0 Å². The second-order valence-electron chi connectivity index (χ2n) is 3.52. The summed E-state index contributed by atoms with van der Waals surface area (Å²) in [5.74, 6) is 0. The second-order valence-corrected chi connectivity index (χ2v) is 5.81. The molecule has 84 valence electrons. The third-order valence-corrected chi connectivity index (χ3v) is 3.67. The first-order valence-corrected chi connectivity index (χ1v) is 5.91. The van der Waals surface area contributed by atoms with Gasteiger partial charge in [-0.2, -0.15) is 0 Å². The van der Waals surface area contributed by atoms with Crippen LogP contribution in [-0.2, 0) is 0 Å². The predicted octanol–water partition coefficient (Wildman–Crippen LogP) is 1.44. The smallest absolute Gasteiger partial charge is 0.166 e. The minimum absolute atomic E-state index is 0.653. The van der Waals surface area contributed by atoms with E-state index >= 15 is 0 Å². The minimum atomic E-state index is -1.36. The van der Waals surface area contributed by atoms with E-state index in [4.69, 9.17) is 22.4 Å². The van der Waals surface area contributed by atoms with Crippen LogP contribution >= 0.6 is 24.0 Å². The molecule has 0 saturated heterocycles. The Hall–Kier alpha value is 0.160. The lowest BCUT2D eigenvalue weighted by atomic mass is 10.2. The highest BCUT2D eigenvalue weighted by atomic mass is 32.2. The highest BCUT2D eigenvalue weighted by Gasteiger charge is 2.29. The lowest BCUT2D eigenvalue weighted by Gasteiger charge is -2.30. The fraction of sp³-hybridized carbons (Fsp3) is 0.889. The van der Waals surface area contributed by atoms with Gasteiger partial charge in [0.25, 0.3) is 0 Å². The van der Waals surface area contributed by atoms with Crippen molar-refractivity contribution in [3.8, 4) is 0 Å². The maximum absolute atomic E-state index is 9.11. The molecule has 0 unspecified atom stereocenters. The Morgan fingerprint density at radius 2 is 1.79 bits per heavy atom. The number of aliphatic hydroxyl groups excluding tert-OH is 1. The van der Waals surface area contributed by atoms with E-state index in [-0.39, 0.29) is 0 Å². The third-order valence-electron chi connectivity index (χ3n) is 1.99. The van der Waals surface area contributed by atoms with E-state index in [2.05, 4.69) is 0 Å². The van der Waals surface area contributed by atoms with Crippen LogP contribution in [0.4, 0.5) is 0 Å². The molecule has 0 heterocycles. The van der Waals surface area contributed by atoms with Crippen molar-refractivity contribution in [2.75, 3.05) is 13.1 Å². The van der Waals surface area contributed by atoms with E-state index in [1.807, 2.05) is 18.7 Å². The Labute approximate surface area is 95.5 Å². The van der Waals surface area contributed by atoms with Crippen molar-refractivity contribution in [3.05, 3.63) is 0 Å². The van der Waals surface area contributed by atoms with E-state index in [9.17, 15) is 0 Å². The summed E-state index contributed by atoms with van der Waals surface area (Å²) in [6.07, 6.45) is -1.36. The van der Waals surface area contributed by atoms with Crippen LogP contribution in [0, 0.1) is 0 Å². The first kappa shape index (κ1) is 14.2. The van der Waals surface area contributed by atoms with E-state index in [1.165, 1.54) is 11.8 Å². The van der Waals surface area contributed by atoms with E-state index < -0.39 is 11.0 Å². The van der Waals surface area contributed by atoms with Gasteiger partial charge < -0.3 is 15.1 Å². The topological polar surface area (TPSA) is 43.7 Å². The maximum Gasteiger partial charge on any atom is 0.166 e. The van der Waals surface area contributed by atoms with Gasteiger partial charge in [0.05, 0.1) is 4.75 Å². The molecule has 0 bridgehead atoms. The van der Waals surface area contributed by atoms with Crippen molar-refractivity contribution >= 4 is 28.3 Å². The van der Waals surface area contributed by atoms with Gasteiger partial charge in [0, 0.05) is 13.1 Å². The van der Waals surface area contributed by atoms with Gasteiger partial charge in [-0.25, -0.2) is 0 Å². The number of rotatable bonds is 4. The van der Waals surface area contributed by atoms with Gasteiger partial charge in [0.2, 0.25) is 0 Å². The summed E-state index contributed by atoms with van der Waals surface area (Å²) in [6.45, 7) is 9.27. The van der Waals surface area contributed by atoms with E-state index in [0.717, 1.165) is 13.1 Å². The molecular weight excluding hydrogens is 218 g/mol. The van der Waals surface area contributed by atoms with Gasteiger partial charge in [-0.1, -0.05) is 24.0 Å². The second kappa shape index (κ2) is 5.90. The van der Waals surface area contributed by atoms with Crippen LogP contribution in [0.2, 0.25) is 0 Å². The number of nitrogens with zero attached hydrogens (tertiary/aromatic N) is 1. The van der Waals surface area contributed by atoms with Crippen molar-refractivity contribution in [1.29, 1.82) is 0 Å². The minimum Gasteiger partial charge on any atom is -0.367 e. The number of hydrogen-bond acceptors (Lipinski definition) is 4. The lowest BCUT2D eigenvalue weighted by molar-refractivity contribution is -0.0603. The Morgan fingerprint density at radius 3 is 2.07 bits per heavy atom. The lowest BCUT2D eigenvalue weighted by Crippen LogP contribution is -2.37.